The summed E-state index contributed by atoms with van der Waals surface area (Å²) in [5.74, 6) is 0. The second kappa shape index (κ2) is 21.7. The third-order valence-corrected chi connectivity index (χ3v) is 40.3. The van der Waals surface area contributed by atoms with Crippen LogP contribution in [0.5, 0.6) is 0 Å². The van der Waals surface area contributed by atoms with Gasteiger partial charge in [0.05, 0.1) is 11.5 Å². The predicted octanol–water partition coefficient (Wildman–Crippen LogP) is 11.5. The van der Waals surface area contributed by atoms with E-state index in [1.807, 2.05) is 94.4 Å². The summed E-state index contributed by atoms with van der Waals surface area (Å²) in [4.78, 5) is 12.3. The van der Waals surface area contributed by atoms with E-state index in [1.165, 1.54) is 26.7 Å². The number of hydrogen-bond acceptors (Lipinski definition) is 5. The molecule has 16 heteroatoms. The van der Waals surface area contributed by atoms with Crippen molar-refractivity contribution in [3.8, 4) is 0 Å². The lowest BCUT2D eigenvalue weighted by molar-refractivity contribution is 1.75. The van der Waals surface area contributed by atoms with Crippen LogP contribution in [0.3, 0.4) is 0 Å². The Morgan fingerprint density at radius 3 is 1.30 bits per heavy atom. The van der Waals surface area contributed by atoms with E-state index in [0.717, 1.165) is 50.9 Å². The molecular weight excluding hydrogens is 853 g/mol. The molecule has 6 rings (SSSR count). The number of fused-ring (bicyclic) bond motifs is 4. The van der Waals surface area contributed by atoms with Crippen molar-refractivity contribution in [1.29, 1.82) is 0 Å². The Balaban J connectivity index is 0.000000157. The average molecular weight is 873 g/mol. The molecule has 0 atom stereocenters. The molecule has 0 aromatic heterocycles. The fourth-order valence-electron chi connectivity index (χ4n) is 4.19. The standard InChI is InChI=1S/C15H10O.C15H10S.P4S10/c2*16-15-13-7-3-1-5-11(13)9-10-12-6-2-4-8-14(12)15;5-1-4(2-6)3-8-10-12-14-13-11-9-7/h2*1-10H;. The van der Waals surface area contributed by atoms with Crippen LogP contribution in [0.4, 0.5) is 0 Å². The molecule has 0 bridgehead atoms. The SMILES string of the molecule is O=c1c2ccccc2ccc2ccccc12.S=PP(P=S)P=S=S=S=S=S=S=S=S.S=c1c2ccccc2ccc2ccccc12. The lowest BCUT2D eigenvalue weighted by Gasteiger charge is -1.92. The minimum absolute atomic E-state index is 0.108. The van der Waals surface area contributed by atoms with Gasteiger partial charge in [-0.25, -0.2) is 0 Å². The fourth-order valence-corrected chi connectivity index (χ4v) is 39.9. The zero-order valence-electron chi connectivity index (χ0n) is 23.2. The van der Waals surface area contributed by atoms with E-state index in [1.54, 1.807) is 44.4 Å². The van der Waals surface area contributed by atoms with E-state index in [0.29, 0.717) is 0 Å². The molecule has 6 aromatic rings. The van der Waals surface area contributed by atoms with Crippen molar-refractivity contribution in [3.05, 3.63) is 136 Å². The van der Waals surface area contributed by atoms with Gasteiger partial charge >= 0.3 is 0 Å². The molecule has 0 fully saturated rings. The molecule has 0 heterocycles. The first-order chi connectivity index (χ1) is 22.6. The summed E-state index contributed by atoms with van der Waals surface area (Å²) in [5.41, 5.74) is 0.108. The van der Waals surface area contributed by atoms with Gasteiger partial charge in [0.25, 0.3) is 0 Å². The second-order valence-electron chi connectivity index (χ2n) is 8.67. The predicted molar refractivity (Wildman–Crippen MR) is 241 cm³/mol. The Bertz CT molecular complexity index is 2260. The minimum atomic E-state index is -0.151. The highest BCUT2D eigenvalue weighted by atomic mass is 33.4. The van der Waals surface area contributed by atoms with Gasteiger partial charge in [-0.15, -0.1) is 0 Å². The molecule has 1 nitrogen and oxygen atoms in total. The first-order valence-corrected chi connectivity index (χ1v) is 31.8. The Morgan fingerprint density at radius 2 is 0.870 bits per heavy atom. The first kappa shape index (κ1) is 38.5. The Labute approximate surface area is 313 Å². The number of hydrogen-bond donors (Lipinski definition) is 0. The summed E-state index contributed by atoms with van der Waals surface area (Å²) in [6, 6.07) is 40.2. The Morgan fingerprint density at radius 1 is 0.500 bits per heavy atom. The molecular formula is C30H20OP4S11. The summed E-state index contributed by atoms with van der Waals surface area (Å²) < 4.78 is 0.941. The van der Waals surface area contributed by atoms with Gasteiger partial charge < -0.3 is 0 Å². The molecule has 46 heavy (non-hydrogen) atoms. The molecule has 6 aromatic carbocycles. The normalized spacial score (nSPS) is 11.0. The van der Waals surface area contributed by atoms with Gasteiger partial charge in [-0.2, -0.15) is 0 Å². The third-order valence-electron chi connectivity index (χ3n) is 6.13. The van der Waals surface area contributed by atoms with Crippen LogP contribution in [-0.4, -0.2) is 0 Å². The van der Waals surface area contributed by atoms with E-state index in [2.05, 4.69) is 36.4 Å². The summed E-state index contributed by atoms with van der Waals surface area (Å²) in [6.07, 6.45) is 0. The van der Waals surface area contributed by atoms with Crippen LogP contribution in [0.2, 0.25) is 0 Å². The summed E-state index contributed by atoms with van der Waals surface area (Å²) >= 11 is 20.2. The van der Waals surface area contributed by atoms with Crippen LogP contribution in [0.25, 0.3) is 43.1 Å². The van der Waals surface area contributed by atoms with Crippen molar-refractivity contribution >= 4 is 181 Å². The molecule has 0 aliphatic rings. The van der Waals surface area contributed by atoms with E-state index >= 15 is 0 Å². The minimum Gasteiger partial charge on any atom is -0.289 e. The fraction of sp³-hybridized carbons (Fsp3) is 0. The lowest BCUT2D eigenvalue weighted by atomic mass is 10.1. The second-order valence-corrected chi connectivity index (χ2v) is 35.0. The lowest BCUT2D eigenvalue weighted by Crippen LogP contribution is -1.97. The van der Waals surface area contributed by atoms with Gasteiger partial charge in [0.1, 0.15) is 0 Å². The molecule has 0 radical (unpaired) electrons. The Kier molecular flexibility index (Phi) is 18.1. The first-order valence-electron chi connectivity index (χ1n) is 12.9. The van der Waals surface area contributed by atoms with Crippen molar-refractivity contribution in [2.75, 3.05) is 0 Å². The Hall–Kier alpha value is -0.350. The molecule has 0 saturated carbocycles. The molecule has 0 N–H and O–H groups in total. The molecule has 0 spiro atoms. The van der Waals surface area contributed by atoms with Crippen LogP contribution >= 0.6 is 40.3 Å². The molecule has 0 amide bonds. The maximum atomic E-state index is 12.3. The largest absolute Gasteiger partial charge is 0.289 e. The van der Waals surface area contributed by atoms with Crippen LogP contribution in [0.1, 0.15) is 0 Å². The van der Waals surface area contributed by atoms with Crippen LogP contribution in [0, 0.1) is 4.51 Å². The summed E-state index contributed by atoms with van der Waals surface area (Å²) in [6.45, 7) is -0.151. The number of rotatable bonds is 3. The van der Waals surface area contributed by atoms with Crippen LogP contribution in [-0.2, 0) is 97.6 Å². The highest BCUT2D eigenvalue weighted by molar-refractivity contribution is 8.87. The molecule has 0 saturated heterocycles. The number of benzene rings is 4. The summed E-state index contributed by atoms with van der Waals surface area (Å²) in [5, 5.41) is 8.24. The average Bonchev–Trinajstić information content (AvgIpc) is 3.35. The van der Waals surface area contributed by atoms with Crippen molar-refractivity contribution in [2.45, 2.75) is 0 Å². The third kappa shape index (κ3) is 11.6. The van der Waals surface area contributed by atoms with E-state index in [9.17, 15) is 4.79 Å². The maximum absolute atomic E-state index is 12.3. The van der Waals surface area contributed by atoms with Gasteiger partial charge in [0.2, 0.25) is 0 Å². The van der Waals surface area contributed by atoms with Crippen molar-refractivity contribution in [2.24, 2.45) is 0 Å². The van der Waals surface area contributed by atoms with E-state index in [4.69, 9.17) is 47.0 Å². The molecule has 0 unspecified atom stereocenters. The zero-order valence-corrected chi connectivity index (χ0v) is 35.8. The topological polar surface area (TPSA) is 17.1 Å². The van der Waals surface area contributed by atoms with Gasteiger partial charge in [-0.1, -0.05) is 157 Å². The van der Waals surface area contributed by atoms with Crippen molar-refractivity contribution in [1.82, 2.24) is 0 Å². The highest BCUT2D eigenvalue weighted by Gasteiger charge is 2.00. The molecule has 0 aliphatic carbocycles. The molecule has 0 aliphatic heterocycles. The molecule has 232 valence electrons. The van der Waals surface area contributed by atoms with Gasteiger partial charge in [0.15, 0.2) is 5.43 Å². The monoisotopic (exact) mass is 872 g/mol. The quantitative estimate of drug-likeness (QED) is 0.130. The van der Waals surface area contributed by atoms with Gasteiger partial charge in [-0.05, 0) is 95.5 Å². The smallest absolute Gasteiger partial charge is 0.194 e. The zero-order chi connectivity index (χ0) is 32.6. The summed E-state index contributed by atoms with van der Waals surface area (Å²) in [7, 11) is 15.2. The van der Waals surface area contributed by atoms with E-state index < -0.39 is 0 Å². The van der Waals surface area contributed by atoms with Crippen molar-refractivity contribution < 1.29 is 0 Å². The maximum Gasteiger partial charge on any atom is 0.194 e. The van der Waals surface area contributed by atoms with E-state index in [-0.39, 0.29) is 12.4 Å². The van der Waals surface area contributed by atoms with Crippen LogP contribution in [0.15, 0.2) is 126 Å². The van der Waals surface area contributed by atoms with Crippen molar-refractivity contribution in [3.63, 3.8) is 0 Å². The van der Waals surface area contributed by atoms with Gasteiger partial charge in [0, 0.05) is 42.7 Å². The highest BCUT2D eigenvalue weighted by Crippen LogP contribution is 2.69. The van der Waals surface area contributed by atoms with Gasteiger partial charge in [-0.3, -0.25) is 4.79 Å². The van der Waals surface area contributed by atoms with Crippen LogP contribution < -0.4 is 5.43 Å².